The van der Waals surface area contributed by atoms with Crippen molar-refractivity contribution < 1.29 is 4.79 Å². The van der Waals surface area contributed by atoms with Crippen LogP contribution in [-0.2, 0) is 4.79 Å². The minimum Gasteiger partial charge on any atom is -0.369 e. The van der Waals surface area contributed by atoms with Crippen LogP contribution in [0.4, 0.5) is 0 Å². The van der Waals surface area contributed by atoms with Gasteiger partial charge in [0.05, 0.1) is 10.00 Å². The Kier molecular flexibility index (Phi) is 14.6. The molecule has 0 spiro atoms. The highest BCUT2D eigenvalue weighted by Gasteiger charge is 2.39. The number of hydrogen-bond acceptors (Lipinski definition) is 3. The number of amides is 1. The number of primary amides is 1. The molecule has 23 heavy (non-hydrogen) atoms. The number of thiol groups is 2. The molecule has 0 saturated heterocycles. The number of unbranched alkanes of at least 4 members (excludes halogenated alkanes) is 10. The van der Waals surface area contributed by atoms with E-state index >= 15 is 0 Å². The Morgan fingerprint density at radius 3 is 1.43 bits per heavy atom. The minimum atomic E-state index is -0.540. The van der Waals surface area contributed by atoms with Crippen LogP contribution in [0.15, 0.2) is 0 Å². The van der Waals surface area contributed by atoms with Crippen LogP contribution < -0.4 is 5.73 Å². The van der Waals surface area contributed by atoms with Crippen molar-refractivity contribution in [3.05, 3.63) is 0 Å². The number of nitrogens with two attached hydrogens (primary N) is 1. The first-order valence-corrected chi connectivity index (χ1v) is 10.7. The van der Waals surface area contributed by atoms with Crippen molar-refractivity contribution in [3.8, 4) is 0 Å². The van der Waals surface area contributed by atoms with Gasteiger partial charge >= 0.3 is 0 Å². The van der Waals surface area contributed by atoms with Crippen molar-refractivity contribution in [3.63, 3.8) is 0 Å². The van der Waals surface area contributed by atoms with Gasteiger partial charge in [-0.1, -0.05) is 90.9 Å². The molecule has 0 atom stereocenters. The third kappa shape index (κ3) is 9.91. The van der Waals surface area contributed by atoms with Crippen molar-refractivity contribution >= 4 is 31.2 Å². The van der Waals surface area contributed by atoms with Gasteiger partial charge in [-0.3, -0.25) is 4.79 Å². The maximum atomic E-state index is 12.1. The van der Waals surface area contributed by atoms with E-state index in [1.807, 2.05) is 0 Å². The molecule has 0 aliphatic carbocycles. The highest BCUT2D eigenvalue weighted by atomic mass is 32.2. The fourth-order valence-corrected chi connectivity index (χ4v) is 3.97. The van der Waals surface area contributed by atoms with E-state index in [1.165, 1.54) is 64.2 Å². The smallest absolute Gasteiger partial charge is 0.225 e. The highest BCUT2D eigenvalue weighted by Crippen LogP contribution is 2.39. The second-order valence-corrected chi connectivity index (χ2v) is 8.37. The van der Waals surface area contributed by atoms with Crippen LogP contribution in [0.3, 0.4) is 0 Å². The molecule has 2 N–H and O–H groups in total. The molecule has 0 heterocycles. The normalized spacial score (nSPS) is 12.0. The van der Waals surface area contributed by atoms with Crippen LogP contribution in [0, 0.1) is 5.41 Å². The van der Waals surface area contributed by atoms with Gasteiger partial charge in [0.15, 0.2) is 0 Å². The molecule has 0 saturated carbocycles. The lowest BCUT2D eigenvalue weighted by Crippen LogP contribution is -2.42. The van der Waals surface area contributed by atoms with Gasteiger partial charge in [-0.2, -0.15) is 25.3 Å². The number of carbonyl (C=O) groups excluding carboxylic acids is 1. The molecule has 0 aliphatic heterocycles. The zero-order valence-corrected chi connectivity index (χ0v) is 17.1. The maximum Gasteiger partial charge on any atom is 0.225 e. The average molecular weight is 362 g/mol. The van der Waals surface area contributed by atoms with Crippen LogP contribution in [0.1, 0.15) is 104 Å². The molecular formula is C19H39NOS2. The summed E-state index contributed by atoms with van der Waals surface area (Å²) in [5.74, 6) is -0.213. The third-order valence-corrected chi connectivity index (χ3v) is 5.93. The summed E-state index contributed by atoms with van der Waals surface area (Å²) in [6.07, 6.45) is 16.4. The zero-order chi connectivity index (χ0) is 17.6. The van der Waals surface area contributed by atoms with Crippen LogP contribution in [0.5, 0.6) is 0 Å². The molecule has 0 rings (SSSR count). The van der Waals surface area contributed by atoms with Gasteiger partial charge in [0.25, 0.3) is 0 Å². The predicted molar refractivity (Wildman–Crippen MR) is 109 cm³/mol. The molecule has 2 nitrogen and oxygen atoms in total. The zero-order valence-electron chi connectivity index (χ0n) is 15.4. The molecule has 0 aromatic heterocycles. The average Bonchev–Trinajstić information content (AvgIpc) is 2.51. The quantitative estimate of drug-likeness (QED) is 0.172. The van der Waals surface area contributed by atoms with Gasteiger partial charge < -0.3 is 5.73 Å². The Morgan fingerprint density at radius 2 is 1.13 bits per heavy atom. The Bertz CT molecular complexity index is 279. The van der Waals surface area contributed by atoms with E-state index in [2.05, 4.69) is 39.1 Å². The summed E-state index contributed by atoms with van der Waals surface area (Å²) in [4.78, 5) is 12.1. The van der Waals surface area contributed by atoms with Crippen molar-refractivity contribution in [2.45, 2.75) is 108 Å². The van der Waals surface area contributed by atoms with Crippen molar-refractivity contribution in [2.75, 3.05) is 0 Å². The van der Waals surface area contributed by atoms with Gasteiger partial charge in [-0.05, 0) is 12.8 Å². The van der Waals surface area contributed by atoms with Gasteiger partial charge in [0, 0.05) is 0 Å². The van der Waals surface area contributed by atoms with Crippen molar-refractivity contribution in [1.82, 2.24) is 0 Å². The summed E-state index contributed by atoms with van der Waals surface area (Å²) in [7, 11) is 0. The molecule has 138 valence electrons. The molecule has 0 radical (unpaired) electrons. The lowest BCUT2D eigenvalue weighted by Gasteiger charge is -2.33. The molecule has 0 aromatic carbocycles. The number of rotatable bonds is 16. The van der Waals surface area contributed by atoms with E-state index < -0.39 is 5.41 Å². The van der Waals surface area contributed by atoms with Crippen LogP contribution in [-0.4, -0.2) is 10.5 Å². The molecule has 0 aromatic rings. The van der Waals surface area contributed by atoms with Crippen LogP contribution in [0.25, 0.3) is 0 Å². The monoisotopic (exact) mass is 361 g/mol. The summed E-state index contributed by atoms with van der Waals surface area (Å²) < 4.78 is -0.258. The molecule has 0 bridgehead atoms. The Balaban J connectivity index is 4.27. The van der Waals surface area contributed by atoms with E-state index in [-0.39, 0.29) is 10.5 Å². The third-order valence-electron chi connectivity index (χ3n) is 4.94. The first kappa shape index (κ1) is 23.2. The molecule has 0 fully saturated rings. The molecular weight excluding hydrogens is 322 g/mol. The first-order chi connectivity index (χ1) is 11.0. The molecule has 0 aliphatic rings. The van der Waals surface area contributed by atoms with E-state index in [1.54, 1.807) is 0 Å². The summed E-state index contributed by atoms with van der Waals surface area (Å²) >= 11 is 9.00. The second-order valence-electron chi connectivity index (χ2n) is 6.93. The molecule has 0 unspecified atom stereocenters. The number of hydrogen-bond donors (Lipinski definition) is 3. The van der Waals surface area contributed by atoms with Crippen molar-refractivity contribution in [1.29, 1.82) is 0 Å². The fraction of sp³-hybridized carbons (Fsp3) is 0.947. The summed E-state index contributed by atoms with van der Waals surface area (Å²) in [6, 6.07) is 0. The topological polar surface area (TPSA) is 43.1 Å². The van der Waals surface area contributed by atoms with Gasteiger partial charge in [-0.25, -0.2) is 0 Å². The van der Waals surface area contributed by atoms with E-state index in [0.717, 1.165) is 25.7 Å². The number of carbonyl (C=O) groups is 1. The van der Waals surface area contributed by atoms with Gasteiger partial charge in [-0.15, -0.1) is 0 Å². The maximum absolute atomic E-state index is 12.1. The Morgan fingerprint density at radius 1 is 0.783 bits per heavy atom. The van der Waals surface area contributed by atoms with E-state index in [0.29, 0.717) is 0 Å². The fourth-order valence-electron chi connectivity index (χ4n) is 3.20. The van der Waals surface area contributed by atoms with E-state index in [4.69, 9.17) is 5.73 Å². The second kappa shape index (κ2) is 14.5. The van der Waals surface area contributed by atoms with Gasteiger partial charge in [0.2, 0.25) is 5.91 Å². The predicted octanol–water partition coefficient (Wildman–Crippen LogP) is 6.15. The highest BCUT2D eigenvalue weighted by molar-refractivity contribution is 7.99. The van der Waals surface area contributed by atoms with Crippen LogP contribution in [0.2, 0.25) is 0 Å². The first-order valence-electron chi connectivity index (χ1n) is 9.67. The standard InChI is InChI=1S/C19H39NOS2/c1-3-5-7-9-11-13-15-19(17(20)21,18(22)23)16-14-12-10-8-6-4-2/h18,22-23H,3-16H2,1-2H3,(H2,20,21). The summed E-state index contributed by atoms with van der Waals surface area (Å²) in [5, 5.41) is 0. The van der Waals surface area contributed by atoms with Gasteiger partial charge in [0.1, 0.15) is 0 Å². The largest absolute Gasteiger partial charge is 0.369 e. The molecule has 1 amide bonds. The van der Waals surface area contributed by atoms with E-state index in [9.17, 15) is 4.79 Å². The van der Waals surface area contributed by atoms with Crippen molar-refractivity contribution in [2.24, 2.45) is 11.1 Å². The lowest BCUT2D eigenvalue weighted by atomic mass is 9.78. The molecule has 4 heteroatoms. The SMILES string of the molecule is CCCCCCCCC(CCCCCCCC)(C(N)=O)C(S)S. The minimum absolute atomic E-state index is 0.213. The lowest BCUT2D eigenvalue weighted by molar-refractivity contribution is -0.127. The van der Waals surface area contributed by atoms with Crippen LogP contribution >= 0.6 is 25.3 Å². The summed E-state index contributed by atoms with van der Waals surface area (Å²) in [5.41, 5.74) is 5.22. The summed E-state index contributed by atoms with van der Waals surface area (Å²) in [6.45, 7) is 4.45. The Hall–Kier alpha value is 0.170. The Labute approximate surface area is 155 Å².